The average Bonchev–Trinajstić information content (AvgIpc) is 2.78. The maximum atomic E-state index is 12.4. The van der Waals surface area contributed by atoms with Gasteiger partial charge in [0.1, 0.15) is 0 Å². The second-order valence-corrected chi connectivity index (χ2v) is 5.56. The number of carbonyl (C=O) groups is 1. The number of aromatic nitrogens is 1. The molecule has 0 saturated carbocycles. The van der Waals surface area contributed by atoms with Crippen LogP contribution in [0, 0.1) is 6.92 Å². The fourth-order valence-electron chi connectivity index (χ4n) is 1.93. The highest BCUT2D eigenvalue weighted by molar-refractivity contribution is 7.13. The van der Waals surface area contributed by atoms with E-state index in [2.05, 4.69) is 4.98 Å². The molecule has 4 heteroatoms. The third-order valence-electron chi connectivity index (χ3n) is 2.97. The molecule has 0 aliphatic heterocycles. The lowest BCUT2D eigenvalue weighted by atomic mass is 10.1. The topological polar surface area (TPSA) is 30.0 Å². The number of thiophene rings is 1. The molecule has 2 nitrogen and oxygen atoms in total. The standard InChI is InChI=1S/C15H10ClNOS/c1-9-8-19-15(13(9)16)14(18)11-4-5-12-10(7-11)3-2-6-17-12/h2-8H,1H3. The summed E-state index contributed by atoms with van der Waals surface area (Å²) in [6, 6.07) is 9.31. The molecule has 19 heavy (non-hydrogen) atoms. The van der Waals surface area contributed by atoms with E-state index in [0.717, 1.165) is 16.5 Å². The van der Waals surface area contributed by atoms with Crippen molar-refractivity contribution in [3.05, 3.63) is 62.9 Å². The summed E-state index contributed by atoms with van der Waals surface area (Å²) in [6.45, 7) is 1.90. The van der Waals surface area contributed by atoms with Gasteiger partial charge in [0.05, 0.1) is 15.4 Å². The lowest BCUT2D eigenvalue weighted by molar-refractivity contribution is 0.104. The first-order chi connectivity index (χ1) is 9.16. The van der Waals surface area contributed by atoms with E-state index in [-0.39, 0.29) is 5.78 Å². The van der Waals surface area contributed by atoms with E-state index in [1.165, 1.54) is 11.3 Å². The van der Waals surface area contributed by atoms with Gasteiger partial charge in [-0.1, -0.05) is 17.7 Å². The third kappa shape index (κ3) is 2.15. The smallest absolute Gasteiger partial charge is 0.204 e. The number of hydrogen-bond acceptors (Lipinski definition) is 3. The summed E-state index contributed by atoms with van der Waals surface area (Å²) in [7, 11) is 0. The number of ketones is 1. The third-order valence-corrected chi connectivity index (χ3v) is 4.67. The van der Waals surface area contributed by atoms with Gasteiger partial charge in [-0.15, -0.1) is 11.3 Å². The minimum absolute atomic E-state index is 0.0335. The van der Waals surface area contributed by atoms with E-state index in [9.17, 15) is 4.79 Å². The van der Waals surface area contributed by atoms with Gasteiger partial charge < -0.3 is 0 Å². The molecular formula is C15H10ClNOS. The molecule has 94 valence electrons. The van der Waals surface area contributed by atoms with Crippen LogP contribution in [0.2, 0.25) is 5.02 Å². The Morgan fingerprint density at radius 2 is 2.16 bits per heavy atom. The molecule has 0 amide bonds. The van der Waals surface area contributed by atoms with Crippen molar-refractivity contribution in [1.29, 1.82) is 0 Å². The van der Waals surface area contributed by atoms with Crippen LogP contribution in [0.4, 0.5) is 0 Å². The molecule has 3 aromatic rings. The van der Waals surface area contributed by atoms with Crippen molar-refractivity contribution in [3.8, 4) is 0 Å². The molecule has 3 rings (SSSR count). The van der Waals surface area contributed by atoms with Gasteiger partial charge in [-0.25, -0.2) is 0 Å². The van der Waals surface area contributed by atoms with Gasteiger partial charge in [0, 0.05) is 17.1 Å². The maximum Gasteiger partial charge on any atom is 0.204 e. The van der Waals surface area contributed by atoms with E-state index in [1.54, 1.807) is 12.3 Å². The second kappa shape index (κ2) is 4.76. The molecule has 0 fully saturated rings. The van der Waals surface area contributed by atoms with Gasteiger partial charge in [0.2, 0.25) is 5.78 Å². The summed E-state index contributed by atoms with van der Waals surface area (Å²) in [5, 5.41) is 3.41. The Morgan fingerprint density at radius 3 is 2.89 bits per heavy atom. The van der Waals surface area contributed by atoms with Crippen LogP contribution in [0.1, 0.15) is 20.8 Å². The van der Waals surface area contributed by atoms with E-state index < -0.39 is 0 Å². The lowest BCUT2D eigenvalue weighted by Gasteiger charge is -2.02. The molecule has 0 bridgehead atoms. The number of fused-ring (bicyclic) bond motifs is 1. The molecule has 2 aromatic heterocycles. The average molecular weight is 288 g/mol. The first-order valence-corrected chi connectivity index (χ1v) is 7.05. The second-order valence-electron chi connectivity index (χ2n) is 4.30. The van der Waals surface area contributed by atoms with Crippen molar-refractivity contribution >= 4 is 39.6 Å². The van der Waals surface area contributed by atoms with Gasteiger partial charge in [0.15, 0.2) is 0 Å². The fourth-order valence-corrected chi connectivity index (χ4v) is 3.17. The number of halogens is 1. The highest BCUT2D eigenvalue weighted by Gasteiger charge is 2.16. The zero-order valence-electron chi connectivity index (χ0n) is 10.2. The summed E-state index contributed by atoms with van der Waals surface area (Å²) in [5.41, 5.74) is 2.47. The monoisotopic (exact) mass is 287 g/mol. The van der Waals surface area contributed by atoms with E-state index >= 15 is 0 Å². The summed E-state index contributed by atoms with van der Waals surface area (Å²) in [6.07, 6.45) is 1.74. The predicted octanol–water partition coefficient (Wildman–Crippen LogP) is 4.49. The van der Waals surface area contributed by atoms with Crippen molar-refractivity contribution < 1.29 is 4.79 Å². The molecule has 0 saturated heterocycles. The quantitative estimate of drug-likeness (QED) is 0.650. The van der Waals surface area contributed by atoms with Crippen molar-refractivity contribution in [2.24, 2.45) is 0 Å². The number of pyridine rings is 1. The van der Waals surface area contributed by atoms with Crippen molar-refractivity contribution in [2.45, 2.75) is 6.92 Å². The minimum Gasteiger partial charge on any atom is -0.288 e. The maximum absolute atomic E-state index is 12.4. The molecular weight excluding hydrogens is 278 g/mol. The van der Waals surface area contributed by atoms with Crippen LogP contribution in [-0.2, 0) is 0 Å². The Balaban J connectivity index is 2.09. The Labute approximate surface area is 119 Å². The Bertz CT molecular complexity index is 779. The highest BCUT2D eigenvalue weighted by atomic mass is 35.5. The van der Waals surface area contributed by atoms with Crippen LogP contribution in [0.15, 0.2) is 41.9 Å². The normalized spacial score (nSPS) is 10.8. The van der Waals surface area contributed by atoms with Crippen LogP contribution in [0.5, 0.6) is 0 Å². The highest BCUT2D eigenvalue weighted by Crippen LogP contribution is 2.29. The number of aryl methyl sites for hydroxylation is 1. The van der Waals surface area contributed by atoms with Crippen LogP contribution >= 0.6 is 22.9 Å². The van der Waals surface area contributed by atoms with Gasteiger partial charge >= 0.3 is 0 Å². The molecule has 0 unspecified atom stereocenters. The first-order valence-electron chi connectivity index (χ1n) is 5.80. The molecule has 0 atom stereocenters. The van der Waals surface area contributed by atoms with E-state index in [1.807, 2.05) is 36.6 Å². The number of rotatable bonds is 2. The van der Waals surface area contributed by atoms with E-state index in [0.29, 0.717) is 15.5 Å². The van der Waals surface area contributed by atoms with Crippen LogP contribution in [0.3, 0.4) is 0 Å². The lowest BCUT2D eigenvalue weighted by Crippen LogP contribution is -1.99. The largest absolute Gasteiger partial charge is 0.288 e. The molecule has 1 aromatic carbocycles. The Hall–Kier alpha value is -1.71. The summed E-state index contributed by atoms with van der Waals surface area (Å²) >= 11 is 7.54. The molecule has 0 radical (unpaired) electrons. The summed E-state index contributed by atoms with van der Waals surface area (Å²) in [4.78, 5) is 17.3. The fraction of sp³-hybridized carbons (Fsp3) is 0.0667. The summed E-state index contributed by atoms with van der Waals surface area (Å²) < 4.78 is 0. The Morgan fingerprint density at radius 1 is 1.32 bits per heavy atom. The summed E-state index contributed by atoms with van der Waals surface area (Å²) in [5.74, 6) is -0.0335. The molecule has 0 aliphatic carbocycles. The molecule has 0 spiro atoms. The van der Waals surface area contributed by atoms with Crippen molar-refractivity contribution in [1.82, 2.24) is 4.98 Å². The minimum atomic E-state index is -0.0335. The number of benzene rings is 1. The predicted molar refractivity (Wildman–Crippen MR) is 79.2 cm³/mol. The van der Waals surface area contributed by atoms with Crippen LogP contribution in [0.25, 0.3) is 10.9 Å². The molecule has 0 N–H and O–H groups in total. The van der Waals surface area contributed by atoms with Gasteiger partial charge in [-0.2, -0.15) is 0 Å². The number of carbonyl (C=O) groups excluding carboxylic acids is 1. The van der Waals surface area contributed by atoms with Gasteiger partial charge in [0.25, 0.3) is 0 Å². The SMILES string of the molecule is Cc1csc(C(=O)c2ccc3ncccc3c2)c1Cl. The van der Waals surface area contributed by atoms with E-state index in [4.69, 9.17) is 11.6 Å². The zero-order valence-corrected chi connectivity index (χ0v) is 11.8. The number of nitrogens with zero attached hydrogens (tertiary/aromatic N) is 1. The molecule has 0 aliphatic rings. The first kappa shape index (κ1) is 12.3. The van der Waals surface area contributed by atoms with Crippen molar-refractivity contribution in [2.75, 3.05) is 0 Å². The van der Waals surface area contributed by atoms with Gasteiger partial charge in [-0.3, -0.25) is 9.78 Å². The Kier molecular flexibility index (Phi) is 3.09. The van der Waals surface area contributed by atoms with Crippen molar-refractivity contribution in [3.63, 3.8) is 0 Å². The van der Waals surface area contributed by atoms with Crippen LogP contribution in [-0.4, -0.2) is 10.8 Å². The molecule has 2 heterocycles. The zero-order chi connectivity index (χ0) is 13.4. The van der Waals surface area contributed by atoms with Crippen LogP contribution < -0.4 is 0 Å². The van der Waals surface area contributed by atoms with Gasteiger partial charge in [-0.05, 0) is 42.1 Å². The number of hydrogen-bond donors (Lipinski definition) is 0.